The van der Waals surface area contributed by atoms with Crippen molar-refractivity contribution in [3.05, 3.63) is 246 Å². The van der Waals surface area contributed by atoms with Gasteiger partial charge in [-0.25, -0.2) is 0 Å². The summed E-state index contributed by atoms with van der Waals surface area (Å²) in [6.07, 6.45) is 7.95. The van der Waals surface area contributed by atoms with Crippen LogP contribution in [0.15, 0.2) is 164 Å². The highest BCUT2D eigenvalue weighted by Crippen LogP contribution is 2.24. The molecule has 0 atom stereocenters. The number of carbonyl (C=O) groups is 6. The molecule has 99 heavy (non-hydrogen) atoms. The number of halogens is 3. The Morgan fingerprint density at radius 1 is 0.394 bits per heavy atom. The van der Waals surface area contributed by atoms with Crippen LogP contribution in [0, 0.1) is 16.2 Å². The molecule has 9 aromatic rings. The number of ketones is 3. The van der Waals surface area contributed by atoms with Crippen molar-refractivity contribution >= 4 is 116 Å². The molecule has 7 N–H and O–H groups in total. The lowest BCUT2D eigenvalue weighted by Crippen LogP contribution is -2.46. The molecule has 26 heteroatoms. The van der Waals surface area contributed by atoms with E-state index in [4.69, 9.17) is 51.0 Å². The maximum absolute atomic E-state index is 13.0. The third kappa shape index (κ3) is 19.0. The van der Waals surface area contributed by atoms with Crippen LogP contribution in [-0.2, 0) is 40.4 Å². The molecule has 0 bridgehead atoms. The molecule has 0 radical (unpaired) electrons. The standard InChI is InChI=1S/C25H26ClN5O2.C24H25ClN6O2.C24H24ClN5O2S/c1-30-22(21(16-28-30)25(33)29-20-11-9-19(26)10-12-20)15-23(32)17-5-7-18(8-6-17)24(27)31-13-3-2-4-14-31;1-30-21(20(15-28-30)24(33)29-19-8-6-18(25)7-9-19)14-22(32)16-2-4-17(5-3-16)23(26)31-12-10-27-11-13-31;1-29-21(20(15-27-29)24(32)28-19-8-6-18(25)7-9-19)14-22(31)16-2-4-17(5-3-16)23(26)30-10-12-33-13-11-30/h5-12,16,27H,2-4,13-15H2,1H3,(H,29,33);2-9,15,26-27H,10-14H2,1H3,(H,29,33);2-9,15,26H,10-14H2,1H3,(H,28,32). The van der Waals surface area contributed by atoms with E-state index < -0.39 is 0 Å². The Hall–Kier alpha value is -10.0. The number of likely N-dealkylation sites (tertiary alicyclic amines) is 1. The summed E-state index contributed by atoms with van der Waals surface area (Å²) in [7, 11) is 5.13. The maximum Gasteiger partial charge on any atom is 0.259 e. The first-order chi connectivity index (χ1) is 47.8. The van der Waals surface area contributed by atoms with E-state index in [9.17, 15) is 28.8 Å². The number of aryl methyl sites for hydroxylation is 3. The van der Waals surface area contributed by atoms with Gasteiger partial charge in [0.05, 0.1) is 71.6 Å². The van der Waals surface area contributed by atoms with Crippen molar-refractivity contribution in [1.29, 1.82) is 16.2 Å². The van der Waals surface area contributed by atoms with E-state index in [2.05, 4.69) is 46.4 Å². The Kier molecular flexibility index (Phi) is 24.6. The lowest BCUT2D eigenvalue weighted by molar-refractivity contribution is 0.0978. The number of amides is 3. The molecule has 0 spiro atoms. The van der Waals surface area contributed by atoms with Crippen LogP contribution >= 0.6 is 46.6 Å². The largest absolute Gasteiger partial charge is 0.357 e. The Morgan fingerprint density at radius 3 is 0.970 bits per heavy atom. The van der Waals surface area contributed by atoms with E-state index in [0.717, 1.165) is 93.4 Å². The quantitative estimate of drug-likeness (QED) is 0.0239. The zero-order chi connectivity index (χ0) is 70.1. The lowest BCUT2D eigenvalue weighted by atomic mass is 10.0. The highest BCUT2D eigenvalue weighted by atomic mass is 35.5. The lowest BCUT2D eigenvalue weighted by Gasteiger charge is -2.29. The predicted molar refractivity (Wildman–Crippen MR) is 391 cm³/mol. The third-order valence-electron chi connectivity index (χ3n) is 17.1. The van der Waals surface area contributed by atoms with Gasteiger partial charge in [-0.15, -0.1) is 0 Å². The summed E-state index contributed by atoms with van der Waals surface area (Å²) in [5, 5.41) is 51.3. The van der Waals surface area contributed by atoms with Gasteiger partial charge >= 0.3 is 0 Å². The second kappa shape index (κ2) is 34.0. The number of amidine groups is 3. The third-order valence-corrected chi connectivity index (χ3v) is 18.8. The number of nitrogens with zero attached hydrogens (tertiary/aromatic N) is 9. The fourth-order valence-corrected chi connectivity index (χ4v) is 12.6. The molecule has 0 saturated carbocycles. The van der Waals surface area contributed by atoms with Crippen molar-refractivity contribution in [2.24, 2.45) is 21.1 Å². The van der Waals surface area contributed by atoms with Crippen LogP contribution in [0.5, 0.6) is 0 Å². The first kappa shape index (κ1) is 71.7. The van der Waals surface area contributed by atoms with Crippen LogP contribution < -0.4 is 21.3 Å². The van der Waals surface area contributed by atoms with Gasteiger partial charge in [-0.1, -0.05) is 108 Å². The van der Waals surface area contributed by atoms with Gasteiger partial charge in [0, 0.05) is 151 Å². The Bertz CT molecular complexity index is 3940. The number of aromatic nitrogens is 6. The SMILES string of the molecule is Cn1ncc(C(=O)Nc2ccc(Cl)cc2)c1CC(=O)c1ccc(C(=N)N2CCCCC2)cc1.Cn1ncc(C(=O)Nc2ccc(Cl)cc2)c1CC(=O)c1ccc(C(=N)N2CCNCC2)cc1.Cn1ncc(C(=O)Nc2ccc(Cl)cc2)c1CC(=O)c1ccc(C(=N)N2CCSCC2)cc1. The molecule has 3 aliphatic heterocycles. The topological polar surface area (TPSA) is 285 Å². The molecule has 6 aromatic carbocycles. The van der Waals surface area contributed by atoms with Crippen molar-refractivity contribution < 1.29 is 28.8 Å². The average molecular weight is 1410 g/mol. The van der Waals surface area contributed by atoms with Crippen LogP contribution in [0.4, 0.5) is 17.1 Å². The molecule has 6 heterocycles. The molecular formula is C73H75Cl3N16O6S. The first-order valence-electron chi connectivity index (χ1n) is 32.2. The van der Waals surface area contributed by atoms with Crippen molar-refractivity contribution in [2.45, 2.75) is 38.5 Å². The number of hydrogen-bond donors (Lipinski definition) is 7. The second-order valence-corrected chi connectivity index (χ2v) is 26.3. The van der Waals surface area contributed by atoms with E-state index in [0.29, 0.717) is 100 Å². The minimum Gasteiger partial charge on any atom is -0.357 e. The van der Waals surface area contributed by atoms with Gasteiger partial charge in [-0.2, -0.15) is 27.1 Å². The summed E-state index contributed by atoms with van der Waals surface area (Å²) in [5.74, 6) is 2.13. The smallest absolute Gasteiger partial charge is 0.259 e. The fourth-order valence-electron chi connectivity index (χ4n) is 11.3. The van der Waals surface area contributed by atoms with Gasteiger partial charge < -0.3 is 36.0 Å². The number of nitrogens with one attached hydrogen (secondary N) is 7. The zero-order valence-corrected chi connectivity index (χ0v) is 58.0. The summed E-state index contributed by atoms with van der Waals surface area (Å²) >= 11 is 19.6. The molecule has 510 valence electrons. The Labute approximate surface area is 592 Å². The van der Waals surface area contributed by atoms with Gasteiger partial charge in [0.1, 0.15) is 17.5 Å². The predicted octanol–water partition coefficient (Wildman–Crippen LogP) is 11.7. The van der Waals surface area contributed by atoms with E-state index >= 15 is 0 Å². The van der Waals surface area contributed by atoms with Gasteiger partial charge in [0.15, 0.2) is 17.3 Å². The van der Waals surface area contributed by atoms with Crippen molar-refractivity contribution in [2.75, 3.05) is 79.8 Å². The number of thioether (sulfide) groups is 1. The van der Waals surface area contributed by atoms with Crippen LogP contribution in [0.1, 0.15) is 115 Å². The number of rotatable bonds is 18. The molecule has 3 fully saturated rings. The van der Waals surface area contributed by atoms with Crippen LogP contribution in [0.25, 0.3) is 0 Å². The summed E-state index contributed by atoms with van der Waals surface area (Å²) in [6, 6.07) is 41.8. The zero-order valence-electron chi connectivity index (χ0n) is 54.9. The second-order valence-electron chi connectivity index (χ2n) is 23.7. The van der Waals surface area contributed by atoms with E-state index in [1.54, 1.807) is 157 Å². The maximum atomic E-state index is 13.0. The van der Waals surface area contributed by atoms with Crippen LogP contribution in [0.3, 0.4) is 0 Å². The molecule has 3 aliphatic rings. The van der Waals surface area contributed by atoms with E-state index in [1.165, 1.54) is 25.0 Å². The van der Waals surface area contributed by atoms with E-state index in [1.807, 2.05) is 40.9 Å². The minimum absolute atomic E-state index is 0.0362. The average Bonchev–Trinajstić information content (AvgIpc) is 1.71. The molecule has 12 rings (SSSR count). The summed E-state index contributed by atoms with van der Waals surface area (Å²) in [4.78, 5) is 83.4. The highest BCUT2D eigenvalue weighted by Gasteiger charge is 2.25. The molecule has 3 aromatic heterocycles. The van der Waals surface area contributed by atoms with Crippen molar-refractivity contribution in [3.63, 3.8) is 0 Å². The number of hydrogen-bond acceptors (Lipinski definition) is 14. The van der Waals surface area contributed by atoms with Gasteiger partial charge in [-0.05, 0) is 92.1 Å². The first-order valence-corrected chi connectivity index (χ1v) is 34.5. The van der Waals surface area contributed by atoms with Crippen molar-refractivity contribution in [1.82, 2.24) is 49.4 Å². The van der Waals surface area contributed by atoms with Gasteiger partial charge in [0.25, 0.3) is 17.7 Å². The molecule has 3 saturated heterocycles. The summed E-state index contributed by atoms with van der Waals surface area (Å²) in [5.41, 5.74) is 8.44. The van der Waals surface area contributed by atoms with Gasteiger partial charge in [-0.3, -0.25) is 59.0 Å². The summed E-state index contributed by atoms with van der Waals surface area (Å²) in [6.45, 7) is 6.84. The number of Topliss-reactive ketones (excluding diaryl/α,β-unsaturated/α-hetero) is 3. The Balaban J connectivity index is 0.000000161. The fraction of sp³-hybridized carbons (Fsp3) is 0.260. The van der Waals surface area contributed by atoms with E-state index in [-0.39, 0.29) is 54.3 Å². The molecule has 0 aliphatic carbocycles. The van der Waals surface area contributed by atoms with Crippen LogP contribution in [-0.4, -0.2) is 160 Å². The number of anilines is 3. The number of piperazine rings is 1. The van der Waals surface area contributed by atoms with Crippen LogP contribution in [0.2, 0.25) is 15.1 Å². The van der Waals surface area contributed by atoms with Crippen molar-refractivity contribution in [3.8, 4) is 0 Å². The Morgan fingerprint density at radius 2 is 0.667 bits per heavy atom. The summed E-state index contributed by atoms with van der Waals surface area (Å²) < 4.78 is 4.64. The number of piperidine rings is 1. The number of benzene rings is 6. The highest BCUT2D eigenvalue weighted by molar-refractivity contribution is 7.99. The molecule has 3 amide bonds. The number of carbonyl (C=O) groups excluding carboxylic acids is 6. The molecular weight excluding hydrogens is 1340 g/mol. The molecule has 22 nitrogen and oxygen atoms in total. The molecule has 0 unspecified atom stereocenters. The van der Waals surface area contributed by atoms with Gasteiger partial charge in [0.2, 0.25) is 0 Å². The monoisotopic (exact) mass is 1410 g/mol. The normalized spacial score (nSPS) is 13.6. The minimum atomic E-state index is -0.340.